The van der Waals surface area contributed by atoms with E-state index in [2.05, 4.69) is 19.2 Å². The van der Waals surface area contributed by atoms with Crippen molar-refractivity contribution in [3.8, 4) is 0 Å². The minimum atomic E-state index is -3.00. The molecule has 4 heteroatoms. The van der Waals surface area contributed by atoms with Gasteiger partial charge in [0.2, 0.25) is 0 Å². The third kappa shape index (κ3) is 8.70. The van der Waals surface area contributed by atoms with Gasteiger partial charge >= 0.3 is 61.3 Å². The molecular formula is C5H15O2PS. The molecule has 0 aliphatic rings. The van der Waals surface area contributed by atoms with Crippen LogP contribution in [0.25, 0.3) is 0 Å². The average Bonchev–Trinajstić information content (AvgIpc) is 1.63. The van der Waals surface area contributed by atoms with Gasteiger partial charge in [0.25, 0.3) is 0 Å². The van der Waals surface area contributed by atoms with Crippen molar-refractivity contribution in [3.63, 3.8) is 0 Å². The SMILES string of the molecule is CCCCC[PH](O)(O)S. The normalized spacial score (nSPS) is 13.8. The number of rotatable bonds is 4. The molecule has 0 bridgehead atoms. The summed E-state index contributed by atoms with van der Waals surface area (Å²) in [6, 6.07) is 0. The number of thiol groups is 1. The second-order valence-corrected chi connectivity index (χ2v) is 6.43. The summed E-state index contributed by atoms with van der Waals surface area (Å²) in [5, 5.41) is 0. The van der Waals surface area contributed by atoms with Crippen molar-refractivity contribution in [1.82, 2.24) is 0 Å². The fraction of sp³-hybridized carbons (Fsp3) is 1.00. The van der Waals surface area contributed by atoms with Gasteiger partial charge in [-0.05, 0) is 0 Å². The van der Waals surface area contributed by atoms with Gasteiger partial charge in [0.05, 0.1) is 0 Å². The van der Waals surface area contributed by atoms with Crippen molar-refractivity contribution >= 4 is 19.2 Å². The van der Waals surface area contributed by atoms with Gasteiger partial charge in [-0.2, -0.15) is 0 Å². The summed E-state index contributed by atoms with van der Waals surface area (Å²) in [6.07, 6.45) is 3.55. The molecule has 0 unspecified atom stereocenters. The molecule has 0 aromatic rings. The Bertz CT molecular complexity index is 71.8. The maximum absolute atomic E-state index is 8.80. The van der Waals surface area contributed by atoms with E-state index < -0.39 is 6.92 Å². The molecule has 0 amide bonds. The van der Waals surface area contributed by atoms with Crippen LogP contribution in [0, 0.1) is 0 Å². The predicted octanol–water partition coefficient (Wildman–Crippen LogP) is 1.59. The Morgan fingerprint density at radius 3 is 2.22 bits per heavy atom. The Morgan fingerprint density at radius 1 is 1.33 bits per heavy atom. The van der Waals surface area contributed by atoms with E-state index in [1.54, 1.807) is 0 Å². The van der Waals surface area contributed by atoms with Crippen LogP contribution in [0.4, 0.5) is 0 Å². The van der Waals surface area contributed by atoms with Crippen LogP contribution in [0.1, 0.15) is 26.2 Å². The van der Waals surface area contributed by atoms with Crippen LogP contribution in [-0.2, 0) is 0 Å². The van der Waals surface area contributed by atoms with Gasteiger partial charge in [0, 0.05) is 0 Å². The molecular weight excluding hydrogens is 155 g/mol. The maximum atomic E-state index is 8.80. The zero-order chi connectivity index (χ0) is 7.33. The summed E-state index contributed by atoms with van der Waals surface area (Å²) in [5.41, 5.74) is 0. The zero-order valence-corrected chi connectivity index (χ0v) is 7.56. The predicted molar refractivity (Wildman–Crippen MR) is 46.1 cm³/mol. The molecule has 0 aliphatic carbocycles. The van der Waals surface area contributed by atoms with E-state index in [9.17, 15) is 0 Å². The molecule has 2 nitrogen and oxygen atoms in total. The van der Waals surface area contributed by atoms with Crippen molar-refractivity contribution in [3.05, 3.63) is 0 Å². The summed E-state index contributed by atoms with van der Waals surface area (Å²) in [5.74, 6) is 0. The standard InChI is InChI=1S/C5H15O2PS/c1-2-3-4-5-8(6,7)9/h6-9H,2-5H2,1H3. The molecule has 0 radical (unpaired) electrons. The van der Waals surface area contributed by atoms with Gasteiger partial charge in [-0.3, -0.25) is 0 Å². The topological polar surface area (TPSA) is 40.5 Å². The first-order valence-corrected chi connectivity index (χ1v) is 6.62. The number of unbranched alkanes of at least 4 members (excludes halogenated alkanes) is 2. The van der Waals surface area contributed by atoms with Crippen LogP contribution >= 0.6 is 19.2 Å². The molecule has 9 heavy (non-hydrogen) atoms. The van der Waals surface area contributed by atoms with Gasteiger partial charge in [0.15, 0.2) is 0 Å². The monoisotopic (exact) mass is 170 g/mol. The van der Waals surface area contributed by atoms with Crippen LogP contribution in [0.3, 0.4) is 0 Å². The molecule has 0 heterocycles. The molecule has 58 valence electrons. The van der Waals surface area contributed by atoms with Gasteiger partial charge in [-0.1, -0.05) is 0 Å². The van der Waals surface area contributed by atoms with E-state index in [1.165, 1.54) is 0 Å². The summed E-state index contributed by atoms with van der Waals surface area (Å²) in [6.45, 7) is -0.920. The first kappa shape index (κ1) is 9.70. The molecule has 0 saturated carbocycles. The molecule has 0 aromatic carbocycles. The van der Waals surface area contributed by atoms with Gasteiger partial charge in [-0.25, -0.2) is 0 Å². The van der Waals surface area contributed by atoms with Crippen molar-refractivity contribution in [2.45, 2.75) is 26.2 Å². The second kappa shape index (κ2) is 4.51. The van der Waals surface area contributed by atoms with Crippen LogP contribution in [0.2, 0.25) is 0 Å². The van der Waals surface area contributed by atoms with E-state index >= 15 is 0 Å². The van der Waals surface area contributed by atoms with Crippen molar-refractivity contribution < 1.29 is 9.79 Å². The van der Waals surface area contributed by atoms with Crippen molar-refractivity contribution in [2.24, 2.45) is 0 Å². The number of hydrogen-bond acceptors (Lipinski definition) is 3. The van der Waals surface area contributed by atoms with E-state index in [0.717, 1.165) is 19.3 Å². The van der Waals surface area contributed by atoms with Gasteiger partial charge in [0.1, 0.15) is 0 Å². The Labute approximate surface area is 61.9 Å². The average molecular weight is 170 g/mol. The fourth-order valence-corrected chi connectivity index (χ4v) is 1.81. The summed E-state index contributed by atoms with van der Waals surface area (Å²) < 4.78 is 0. The van der Waals surface area contributed by atoms with Crippen LogP contribution < -0.4 is 0 Å². The number of hydrogen-bond donors (Lipinski definition) is 3. The van der Waals surface area contributed by atoms with Crippen LogP contribution in [-0.4, -0.2) is 15.9 Å². The van der Waals surface area contributed by atoms with Gasteiger partial charge < -0.3 is 0 Å². The Morgan fingerprint density at radius 2 is 1.89 bits per heavy atom. The summed E-state index contributed by atoms with van der Waals surface area (Å²) in [4.78, 5) is 17.6. The first-order chi connectivity index (χ1) is 4.06. The molecule has 0 saturated heterocycles. The van der Waals surface area contributed by atoms with Crippen LogP contribution in [0.5, 0.6) is 0 Å². The third-order valence-electron chi connectivity index (χ3n) is 1.12. The Kier molecular flexibility index (Phi) is 4.86. The minimum absolute atomic E-state index is 0.490. The third-order valence-corrected chi connectivity index (χ3v) is 2.81. The van der Waals surface area contributed by atoms with E-state index in [-0.39, 0.29) is 0 Å². The van der Waals surface area contributed by atoms with Crippen LogP contribution in [0.15, 0.2) is 0 Å². The molecule has 2 N–H and O–H groups in total. The van der Waals surface area contributed by atoms with E-state index in [4.69, 9.17) is 9.79 Å². The summed E-state index contributed by atoms with van der Waals surface area (Å²) in [7, 11) is 0. The van der Waals surface area contributed by atoms with E-state index in [0.29, 0.717) is 6.16 Å². The zero-order valence-electron chi connectivity index (χ0n) is 5.67. The second-order valence-electron chi connectivity index (χ2n) is 2.23. The fourth-order valence-electron chi connectivity index (χ4n) is 0.612. The van der Waals surface area contributed by atoms with Crippen molar-refractivity contribution in [2.75, 3.05) is 6.16 Å². The molecule has 0 atom stereocenters. The Hall–Kier alpha value is 0.700. The van der Waals surface area contributed by atoms with E-state index in [1.807, 2.05) is 0 Å². The molecule has 0 aromatic heterocycles. The first-order valence-electron chi connectivity index (χ1n) is 3.23. The quantitative estimate of drug-likeness (QED) is 0.340. The molecule has 0 spiro atoms. The molecule has 0 fully saturated rings. The van der Waals surface area contributed by atoms with Crippen molar-refractivity contribution in [1.29, 1.82) is 0 Å². The molecule has 0 aliphatic heterocycles. The summed E-state index contributed by atoms with van der Waals surface area (Å²) >= 11 is 3.68. The Balaban J connectivity index is 3.07. The van der Waals surface area contributed by atoms with Gasteiger partial charge in [-0.15, -0.1) is 0 Å². The molecule has 0 rings (SSSR count).